The van der Waals surface area contributed by atoms with Crippen LogP contribution in [0.2, 0.25) is 0 Å². The molecular formula is C64H124O6. The highest BCUT2D eigenvalue weighted by molar-refractivity contribution is 5.71. The van der Waals surface area contributed by atoms with Crippen molar-refractivity contribution in [1.82, 2.24) is 0 Å². The Kier molecular flexibility index (Phi) is 58.6. The van der Waals surface area contributed by atoms with Gasteiger partial charge in [0.25, 0.3) is 0 Å². The molecule has 0 aromatic rings. The summed E-state index contributed by atoms with van der Waals surface area (Å²) < 4.78 is 16.9. The van der Waals surface area contributed by atoms with Gasteiger partial charge in [-0.05, 0) is 19.3 Å². The van der Waals surface area contributed by atoms with Gasteiger partial charge >= 0.3 is 17.9 Å². The van der Waals surface area contributed by atoms with Crippen LogP contribution in [0.5, 0.6) is 0 Å². The predicted octanol–water partition coefficient (Wildman–Crippen LogP) is 21.5. The Labute approximate surface area is 438 Å². The highest BCUT2D eigenvalue weighted by Gasteiger charge is 2.19. The maximum Gasteiger partial charge on any atom is 0.306 e. The van der Waals surface area contributed by atoms with Gasteiger partial charge in [-0.1, -0.05) is 335 Å². The molecule has 416 valence electrons. The van der Waals surface area contributed by atoms with Crippen molar-refractivity contribution in [2.75, 3.05) is 13.2 Å². The van der Waals surface area contributed by atoms with E-state index in [4.69, 9.17) is 14.2 Å². The van der Waals surface area contributed by atoms with E-state index in [0.717, 1.165) is 57.8 Å². The third-order valence-corrected chi connectivity index (χ3v) is 14.9. The molecule has 0 N–H and O–H groups in total. The molecule has 0 bridgehead atoms. The van der Waals surface area contributed by atoms with E-state index in [1.807, 2.05) is 0 Å². The average molecular weight is 990 g/mol. The van der Waals surface area contributed by atoms with Gasteiger partial charge in [-0.3, -0.25) is 14.4 Å². The van der Waals surface area contributed by atoms with Crippen LogP contribution in [0.25, 0.3) is 0 Å². The Bertz CT molecular complexity index is 1040. The van der Waals surface area contributed by atoms with Crippen LogP contribution in [-0.2, 0) is 28.6 Å². The second-order valence-corrected chi connectivity index (χ2v) is 22.1. The van der Waals surface area contributed by atoms with E-state index in [-0.39, 0.29) is 31.1 Å². The molecule has 0 heterocycles. The summed E-state index contributed by atoms with van der Waals surface area (Å²) in [6.45, 7) is 6.72. The molecule has 0 spiro atoms. The lowest BCUT2D eigenvalue weighted by Crippen LogP contribution is -2.30. The lowest BCUT2D eigenvalue weighted by Gasteiger charge is -2.18. The van der Waals surface area contributed by atoms with Gasteiger partial charge in [0.15, 0.2) is 6.10 Å². The molecule has 0 rings (SSSR count). The molecule has 0 radical (unpaired) electrons. The molecule has 0 aliphatic heterocycles. The van der Waals surface area contributed by atoms with Crippen molar-refractivity contribution in [3.05, 3.63) is 0 Å². The first kappa shape index (κ1) is 68.4. The second kappa shape index (κ2) is 60.0. The number of esters is 3. The van der Waals surface area contributed by atoms with Crippen LogP contribution in [0, 0.1) is 0 Å². The molecule has 1 atom stereocenters. The molecule has 0 fully saturated rings. The molecule has 0 saturated carbocycles. The lowest BCUT2D eigenvalue weighted by atomic mass is 10.0. The zero-order valence-corrected chi connectivity index (χ0v) is 47.8. The highest BCUT2D eigenvalue weighted by atomic mass is 16.6. The minimum atomic E-state index is -0.762. The van der Waals surface area contributed by atoms with Gasteiger partial charge in [0, 0.05) is 19.3 Å². The van der Waals surface area contributed by atoms with Crippen LogP contribution in [0.3, 0.4) is 0 Å². The standard InChI is InChI=1S/C64H124O6/c1-4-7-10-13-16-19-22-25-27-29-31-32-34-35-37-39-42-45-48-51-54-57-63(66)69-60-61(59-68-62(65)56-53-50-47-44-41-24-21-18-15-12-9-6-3)70-64(67)58-55-52-49-46-43-40-38-36-33-30-28-26-23-20-17-14-11-8-5-2/h61H,4-60H2,1-3H3. The summed E-state index contributed by atoms with van der Waals surface area (Å²) in [5.41, 5.74) is 0. The van der Waals surface area contributed by atoms with Crippen LogP contribution in [0.15, 0.2) is 0 Å². The number of unbranched alkanes of at least 4 members (excludes halogenated alkanes) is 49. The fraction of sp³-hybridized carbons (Fsp3) is 0.953. The second-order valence-electron chi connectivity index (χ2n) is 22.1. The fourth-order valence-corrected chi connectivity index (χ4v) is 10.0. The zero-order valence-electron chi connectivity index (χ0n) is 47.8. The van der Waals surface area contributed by atoms with E-state index >= 15 is 0 Å². The molecule has 6 heteroatoms. The number of rotatable bonds is 60. The number of ether oxygens (including phenoxy) is 3. The summed E-state index contributed by atoms with van der Waals surface area (Å²) in [4.78, 5) is 38.2. The summed E-state index contributed by atoms with van der Waals surface area (Å²) in [5.74, 6) is -0.826. The number of carbonyl (C=O) groups excluding carboxylic acids is 3. The van der Waals surface area contributed by atoms with Crippen LogP contribution >= 0.6 is 0 Å². The molecule has 0 amide bonds. The summed E-state index contributed by atoms with van der Waals surface area (Å²) in [5, 5.41) is 0. The van der Waals surface area contributed by atoms with Gasteiger partial charge in [-0.2, -0.15) is 0 Å². The molecule has 0 saturated heterocycles. The minimum absolute atomic E-state index is 0.0606. The maximum absolute atomic E-state index is 12.9. The molecule has 6 nitrogen and oxygen atoms in total. The van der Waals surface area contributed by atoms with E-state index in [1.54, 1.807) is 0 Å². The summed E-state index contributed by atoms with van der Waals surface area (Å²) in [6.07, 6.45) is 68.2. The normalized spacial score (nSPS) is 11.9. The molecule has 1 unspecified atom stereocenters. The highest BCUT2D eigenvalue weighted by Crippen LogP contribution is 2.19. The Morgan fingerprint density at radius 3 is 0.571 bits per heavy atom. The molecule has 0 aliphatic carbocycles. The number of hydrogen-bond acceptors (Lipinski definition) is 6. The summed E-state index contributed by atoms with van der Waals surface area (Å²) in [6, 6.07) is 0. The van der Waals surface area contributed by atoms with Crippen molar-refractivity contribution < 1.29 is 28.6 Å². The Morgan fingerprint density at radius 2 is 0.386 bits per heavy atom. The predicted molar refractivity (Wildman–Crippen MR) is 303 cm³/mol. The molecule has 0 aliphatic rings. The van der Waals surface area contributed by atoms with Gasteiger partial charge in [-0.25, -0.2) is 0 Å². The molecule has 0 aromatic heterocycles. The molecule has 0 aromatic carbocycles. The molecule has 70 heavy (non-hydrogen) atoms. The van der Waals surface area contributed by atoms with Crippen molar-refractivity contribution in [3.8, 4) is 0 Å². The minimum Gasteiger partial charge on any atom is -0.462 e. The Morgan fingerprint density at radius 1 is 0.229 bits per heavy atom. The van der Waals surface area contributed by atoms with Crippen molar-refractivity contribution >= 4 is 17.9 Å². The van der Waals surface area contributed by atoms with Crippen molar-refractivity contribution in [3.63, 3.8) is 0 Å². The van der Waals surface area contributed by atoms with E-state index in [0.29, 0.717) is 19.3 Å². The topological polar surface area (TPSA) is 78.9 Å². The summed E-state index contributed by atoms with van der Waals surface area (Å²) in [7, 11) is 0. The average Bonchev–Trinajstić information content (AvgIpc) is 3.36. The first-order valence-electron chi connectivity index (χ1n) is 32.0. The first-order chi connectivity index (χ1) is 34.5. The van der Waals surface area contributed by atoms with E-state index in [1.165, 1.54) is 276 Å². The third-order valence-electron chi connectivity index (χ3n) is 14.9. The van der Waals surface area contributed by atoms with Crippen molar-refractivity contribution in [2.24, 2.45) is 0 Å². The van der Waals surface area contributed by atoms with Gasteiger partial charge < -0.3 is 14.2 Å². The Hall–Kier alpha value is -1.59. The third kappa shape index (κ3) is 57.3. The van der Waals surface area contributed by atoms with Gasteiger partial charge in [0.05, 0.1) is 0 Å². The monoisotopic (exact) mass is 989 g/mol. The van der Waals surface area contributed by atoms with Gasteiger partial charge in [0.2, 0.25) is 0 Å². The van der Waals surface area contributed by atoms with Crippen LogP contribution in [0.4, 0.5) is 0 Å². The van der Waals surface area contributed by atoms with Gasteiger partial charge in [-0.15, -0.1) is 0 Å². The maximum atomic E-state index is 12.9. The van der Waals surface area contributed by atoms with E-state index < -0.39 is 6.10 Å². The number of hydrogen-bond donors (Lipinski definition) is 0. The lowest BCUT2D eigenvalue weighted by molar-refractivity contribution is -0.167. The smallest absolute Gasteiger partial charge is 0.306 e. The summed E-state index contributed by atoms with van der Waals surface area (Å²) >= 11 is 0. The van der Waals surface area contributed by atoms with Crippen LogP contribution in [-0.4, -0.2) is 37.2 Å². The largest absolute Gasteiger partial charge is 0.462 e. The molecular weight excluding hydrogens is 865 g/mol. The SMILES string of the molecule is CCCCCCCCCCCCCCCCCCCCCCCC(=O)OCC(COC(=O)CCCCCCCCCCCCCC)OC(=O)CCCCCCCCCCCCCCCCCCCCC. The van der Waals surface area contributed by atoms with E-state index in [9.17, 15) is 14.4 Å². The van der Waals surface area contributed by atoms with Crippen LogP contribution in [0.1, 0.15) is 374 Å². The van der Waals surface area contributed by atoms with Crippen molar-refractivity contribution in [1.29, 1.82) is 0 Å². The number of carbonyl (C=O) groups is 3. The van der Waals surface area contributed by atoms with E-state index in [2.05, 4.69) is 20.8 Å². The van der Waals surface area contributed by atoms with Crippen LogP contribution < -0.4 is 0 Å². The zero-order chi connectivity index (χ0) is 50.7. The van der Waals surface area contributed by atoms with Crippen molar-refractivity contribution in [2.45, 2.75) is 380 Å². The fourth-order valence-electron chi connectivity index (χ4n) is 10.0. The van der Waals surface area contributed by atoms with Gasteiger partial charge in [0.1, 0.15) is 13.2 Å². The quantitative estimate of drug-likeness (QED) is 0.0343. The first-order valence-corrected chi connectivity index (χ1v) is 32.0. The Balaban J connectivity index is 4.22.